The molecule has 17 nitrogen and oxygen atoms in total. The number of likely N-dealkylation sites (N-methyl/N-ethyl adjacent to an activating group) is 1. The standard InChI is InChI=1S/C29H42N2O15S3/c1-9-31(26(35)17(3)46-28(37)19(5)44-21(7)33)23-14-30(11-10-12-42-8)49(40,41)29-22(23)13-25(47-29)48(38,39)15-24(34)16(2)45-27(36)18(4)43-20(6)32/h13,16-19,23H,9-12,14-15H2,1-8H3/t16-,17-,18-,19-,23-/m0/s1. The van der Waals surface area contributed by atoms with Crippen molar-refractivity contribution in [3.8, 4) is 0 Å². The van der Waals surface area contributed by atoms with E-state index in [1.165, 1.54) is 32.8 Å². The van der Waals surface area contributed by atoms with Crippen LogP contribution in [0.5, 0.6) is 0 Å². The molecule has 1 amide bonds. The van der Waals surface area contributed by atoms with Crippen LogP contribution in [0.1, 0.15) is 66.5 Å². The first-order valence-corrected chi connectivity index (χ1v) is 19.0. The summed E-state index contributed by atoms with van der Waals surface area (Å²) in [5.74, 6) is -6.50. The number of sulfonamides is 1. The van der Waals surface area contributed by atoms with Crippen molar-refractivity contribution in [2.45, 2.75) is 93.8 Å². The second-order valence-electron chi connectivity index (χ2n) is 11.0. The number of sulfone groups is 1. The van der Waals surface area contributed by atoms with Gasteiger partial charge in [0.15, 0.2) is 40.0 Å². The van der Waals surface area contributed by atoms with E-state index >= 15 is 0 Å². The molecule has 49 heavy (non-hydrogen) atoms. The van der Waals surface area contributed by atoms with E-state index in [0.29, 0.717) is 11.3 Å². The third-order valence-electron chi connectivity index (χ3n) is 7.14. The number of fused-ring (bicyclic) bond motifs is 1. The third-order valence-corrected chi connectivity index (χ3v) is 12.9. The number of methoxy groups -OCH3 is 1. The highest BCUT2D eigenvalue weighted by Crippen LogP contribution is 2.43. The molecule has 0 bridgehead atoms. The number of rotatable bonds is 17. The molecule has 0 unspecified atom stereocenters. The minimum atomic E-state index is -4.51. The molecule has 20 heteroatoms. The van der Waals surface area contributed by atoms with Crippen LogP contribution in [0.2, 0.25) is 0 Å². The Hall–Kier alpha value is -3.46. The van der Waals surface area contributed by atoms with Crippen LogP contribution in [-0.2, 0) is 72.3 Å². The Labute approximate surface area is 289 Å². The molecular weight excluding hydrogens is 713 g/mol. The summed E-state index contributed by atoms with van der Waals surface area (Å²) in [5, 5.41) is 0. The summed E-state index contributed by atoms with van der Waals surface area (Å²) in [6.45, 7) is 8.55. The second kappa shape index (κ2) is 17.5. The number of Topliss-reactive ketones (excluding diaryl/α,β-unsaturated/α-hetero) is 1. The fourth-order valence-corrected chi connectivity index (χ4v) is 9.99. The average molecular weight is 755 g/mol. The first-order valence-electron chi connectivity index (χ1n) is 15.1. The lowest BCUT2D eigenvalue weighted by molar-refractivity contribution is -0.173. The minimum Gasteiger partial charge on any atom is -0.452 e. The monoisotopic (exact) mass is 754 g/mol. The van der Waals surface area contributed by atoms with E-state index in [4.69, 9.17) is 23.7 Å². The molecule has 2 heterocycles. The van der Waals surface area contributed by atoms with Gasteiger partial charge in [0, 0.05) is 52.8 Å². The molecule has 1 aliphatic heterocycles. The van der Waals surface area contributed by atoms with Crippen LogP contribution in [-0.4, -0.2) is 125 Å². The normalized spacial score (nSPS) is 18.2. The Bertz CT molecular complexity index is 1640. The fourth-order valence-electron chi connectivity index (χ4n) is 4.71. The van der Waals surface area contributed by atoms with Gasteiger partial charge in [-0.1, -0.05) is 0 Å². The van der Waals surface area contributed by atoms with E-state index < -0.39 is 95.8 Å². The maximum atomic E-state index is 13.7. The zero-order valence-electron chi connectivity index (χ0n) is 28.4. The number of amides is 1. The summed E-state index contributed by atoms with van der Waals surface area (Å²) < 4.78 is 79.4. The molecule has 0 saturated heterocycles. The summed E-state index contributed by atoms with van der Waals surface area (Å²) in [5.41, 5.74) is -0.0179. The first-order chi connectivity index (χ1) is 22.7. The van der Waals surface area contributed by atoms with Crippen LogP contribution in [0, 0.1) is 0 Å². The lowest BCUT2D eigenvalue weighted by Gasteiger charge is -2.39. The van der Waals surface area contributed by atoms with Crippen molar-refractivity contribution in [2.24, 2.45) is 0 Å². The summed E-state index contributed by atoms with van der Waals surface area (Å²) in [6.07, 6.45) is -5.33. The van der Waals surface area contributed by atoms with Gasteiger partial charge in [0.1, 0.15) is 14.2 Å². The number of hydrogen-bond acceptors (Lipinski definition) is 16. The van der Waals surface area contributed by atoms with E-state index in [1.807, 2.05) is 0 Å². The van der Waals surface area contributed by atoms with Crippen LogP contribution >= 0.6 is 11.3 Å². The molecule has 0 aromatic carbocycles. The maximum Gasteiger partial charge on any atom is 0.347 e. The van der Waals surface area contributed by atoms with Crippen LogP contribution in [0.4, 0.5) is 0 Å². The summed E-state index contributed by atoms with van der Waals surface area (Å²) in [6, 6.07) is 0.0516. The number of carbonyl (C=O) groups is 6. The first kappa shape index (κ1) is 41.7. The van der Waals surface area contributed by atoms with Crippen LogP contribution in [0.25, 0.3) is 0 Å². The number of carbonyl (C=O) groups excluding carboxylic acids is 6. The molecular formula is C29H42N2O15S3. The molecule has 276 valence electrons. The Balaban J connectivity index is 2.47. The summed E-state index contributed by atoms with van der Waals surface area (Å²) in [7, 11) is -7.36. The highest BCUT2D eigenvalue weighted by molar-refractivity contribution is 7.95. The van der Waals surface area contributed by atoms with Gasteiger partial charge in [-0.3, -0.25) is 19.2 Å². The summed E-state index contributed by atoms with van der Waals surface area (Å²) >= 11 is 0.405. The molecule has 0 saturated carbocycles. The van der Waals surface area contributed by atoms with Crippen molar-refractivity contribution in [3.63, 3.8) is 0 Å². The average Bonchev–Trinajstić information content (AvgIpc) is 3.46. The van der Waals surface area contributed by atoms with Gasteiger partial charge in [-0.05, 0) is 47.1 Å². The number of ether oxygens (including phenoxy) is 5. The zero-order valence-corrected chi connectivity index (χ0v) is 30.9. The topological polar surface area (TPSA) is 223 Å². The van der Waals surface area contributed by atoms with E-state index in [9.17, 15) is 45.6 Å². The third kappa shape index (κ3) is 10.8. The Kier molecular flexibility index (Phi) is 14.9. The highest BCUT2D eigenvalue weighted by atomic mass is 32.3. The number of hydrogen-bond donors (Lipinski definition) is 0. The van der Waals surface area contributed by atoms with Crippen molar-refractivity contribution in [1.29, 1.82) is 0 Å². The quantitative estimate of drug-likeness (QED) is 0.122. The van der Waals surface area contributed by atoms with Gasteiger partial charge in [-0.25, -0.2) is 26.4 Å². The Morgan fingerprint density at radius 3 is 1.94 bits per heavy atom. The van der Waals surface area contributed by atoms with Gasteiger partial charge < -0.3 is 28.6 Å². The number of esters is 4. The molecule has 0 fully saturated rings. The predicted octanol–water partition coefficient (Wildman–Crippen LogP) is 0.788. The molecule has 1 aromatic heterocycles. The largest absolute Gasteiger partial charge is 0.452 e. The van der Waals surface area contributed by atoms with Crippen LogP contribution in [0.15, 0.2) is 14.5 Å². The van der Waals surface area contributed by atoms with Crippen molar-refractivity contribution >= 4 is 66.8 Å². The fraction of sp³-hybridized carbons (Fsp3) is 0.655. The van der Waals surface area contributed by atoms with E-state index in [0.717, 1.165) is 31.1 Å². The second-order valence-corrected chi connectivity index (χ2v) is 16.4. The van der Waals surface area contributed by atoms with Gasteiger partial charge in [-0.15, -0.1) is 11.3 Å². The van der Waals surface area contributed by atoms with Crippen LogP contribution in [0.3, 0.4) is 0 Å². The number of ketones is 1. The lowest BCUT2D eigenvalue weighted by Crippen LogP contribution is -2.50. The maximum absolute atomic E-state index is 13.7. The molecule has 2 rings (SSSR count). The van der Waals surface area contributed by atoms with Gasteiger partial charge >= 0.3 is 23.9 Å². The molecule has 1 aliphatic rings. The zero-order chi connectivity index (χ0) is 37.4. The van der Waals surface area contributed by atoms with Gasteiger partial charge in [0.05, 0.1) is 6.04 Å². The Morgan fingerprint density at radius 1 is 0.918 bits per heavy atom. The van der Waals surface area contributed by atoms with Crippen molar-refractivity contribution in [3.05, 3.63) is 11.6 Å². The van der Waals surface area contributed by atoms with Gasteiger partial charge in [0.2, 0.25) is 0 Å². The minimum absolute atomic E-state index is 0.0125. The smallest absolute Gasteiger partial charge is 0.347 e. The molecule has 0 radical (unpaired) electrons. The molecule has 0 aliphatic carbocycles. The number of thiophene rings is 1. The summed E-state index contributed by atoms with van der Waals surface area (Å²) in [4.78, 5) is 74.7. The van der Waals surface area contributed by atoms with Crippen LogP contribution < -0.4 is 0 Å². The molecule has 1 aromatic rings. The van der Waals surface area contributed by atoms with Gasteiger partial charge in [0.25, 0.3) is 15.9 Å². The van der Waals surface area contributed by atoms with E-state index in [-0.39, 0.29) is 42.4 Å². The SMILES string of the molecule is CCN(C(=O)[C@H](C)OC(=O)[C@H](C)OC(C)=O)[C@H]1CN(CCCOC)S(=O)(=O)c2sc(S(=O)(=O)CC(=O)[C@H](C)OC(=O)[C@H](C)OC(C)=O)cc21. The molecule has 0 spiro atoms. The molecule has 0 N–H and O–H groups in total. The molecule has 5 atom stereocenters. The van der Waals surface area contributed by atoms with Crippen molar-refractivity contribution in [1.82, 2.24) is 9.21 Å². The van der Waals surface area contributed by atoms with Crippen molar-refractivity contribution in [2.75, 3.05) is 39.1 Å². The van der Waals surface area contributed by atoms with E-state index in [1.54, 1.807) is 6.92 Å². The predicted molar refractivity (Wildman–Crippen MR) is 170 cm³/mol. The van der Waals surface area contributed by atoms with Gasteiger partial charge in [-0.2, -0.15) is 4.31 Å². The van der Waals surface area contributed by atoms with Crippen molar-refractivity contribution < 1.29 is 69.3 Å². The van der Waals surface area contributed by atoms with E-state index in [2.05, 4.69) is 0 Å². The lowest BCUT2D eigenvalue weighted by atomic mass is 10.1. The number of nitrogens with zero attached hydrogens (tertiary/aromatic N) is 2. The highest BCUT2D eigenvalue weighted by Gasteiger charge is 2.44. The Morgan fingerprint density at radius 2 is 1.45 bits per heavy atom.